The molecule has 0 aliphatic heterocycles. The van der Waals surface area contributed by atoms with Crippen molar-refractivity contribution in [2.75, 3.05) is 12.4 Å². The van der Waals surface area contributed by atoms with Crippen LogP contribution in [0.5, 0.6) is 0 Å². The Morgan fingerprint density at radius 2 is 1.90 bits per heavy atom. The van der Waals surface area contributed by atoms with Crippen LogP contribution in [0.3, 0.4) is 0 Å². The Kier molecular flexibility index (Phi) is 6.07. The summed E-state index contributed by atoms with van der Waals surface area (Å²) in [6.45, 7) is 1.67. The first-order valence-electron chi connectivity index (χ1n) is 8.95. The molecule has 3 aromatic rings. The first kappa shape index (κ1) is 22.4. The third-order valence-corrected chi connectivity index (χ3v) is 4.66. The van der Waals surface area contributed by atoms with E-state index in [0.717, 1.165) is 10.1 Å². The second-order valence-electron chi connectivity index (χ2n) is 6.67. The predicted octanol–water partition coefficient (Wildman–Crippen LogP) is 2.12. The summed E-state index contributed by atoms with van der Waals surface area (Å²) in [5.41, 5.74) is -0.0549. The number of aromatic nitrogens is 3. The summed E-state index contributed by atoms with van der Waals surface area (Å²) in [4.78, 5) is 29.2. The molecule has 2 N–H and O–H groups in total. The van der Waals surface area contributed by atoms with Gasteiger partial charge in [0.15, 0.2) is 11.5 Å². The molecule has 0 saturated carbocycles. The normalized spacial score (nSPS) is 11.3. The monoisotopic (exact) mass is 449 g/mol. The highest BCUT2D eigenvalue weighted by Crippen LogP contribution is 2.31. The van der Waals surface area contributed by atoms with Gasteiger partial charge < -0.3 is 10.6 Å². The number of rotatable bonds is 4. The molecule has 1 aromatic carbocycles. The zero-order chi connectivity index (χ0) is 22.9. The quantitative estimate of drug-likeness (QED) is 0.597. The Morgan fingerprint density at radius 1 is 1.19 bits per heavy atom. The van der Waals surface area contributed by atoms with Gasteiger partial charge in [-0.05, 0) is 24.6 Å². The number of benzene rings is 1. The highest BCUT2D eigenvalue weighted by atomic mass is 35.5. The van der Waals surface area contributed by atoms with E-state index in [1.54, 1.807) is 26.9 Å². The maximum absolute atomic E-state index is 13.3. The van der Waals surface area contributed by atoms with E-state index in [9.17, 15) is 22.8 Å². The Morgan fingerprint density at radius 3 is 2.52 bits per heavy atom. The second-order valence-corrected chi connectivity index (χ2v) is 7.08. The highest BCUT2D eigenvalue weighted by Gasteiger charge is 2.36. The van der Waals surface area contributed by atoms with Crippen LogP contribution < -0.4 is 16.1 Å². The Labute approximate surface area is 181 Å². The van der Waals surface area contributed by atoms with Crippen LogP contribution in [0.4, 0.5) is 18.9 Å². The van der Waals surface area contributed by atoms with Crippen molar-refractivity contribution in [3.63, 3.8) is 0 Å². The average molecular weight is 450 g/mol. The number of aryl methyl sites for hydroxylation is 1. The van der Waals surface area contributed by atoms with Gasteiger partial charge in [0.25, 0.3) is 11.8 Å². The van der Waals surface area contributed by atoms with Crippen molar-refractivity contribution in [1.29, 1.82) is 0 Å². The van der Waals surface area contributed by atoms with Crippen molar-refractivity contribution in [2.24, 2.45) is 0 Å². The van der Waals surface area contributed by atoms with Gasteiger partial charge in [-0.15, -0.1) is 0 Å². The molecule has 160 valence electrons. The number of hydrogen-bond acceptors (Lipinski definition) is 4. The largest absolute Gasteiger partial charge is 0.435 e. The van der Waals surface area contributed by atoms with Crippen molar-refractivity contribution in [2.45, 2.75) is 13.1 Å². The van der Waals surface area contributed by atoms with E-state index in [0.29, 0.717) is 11.6 Å². The lowest BCUT2D eigenvalue weighted by Gasteiger charge is -2.15. The smallest absolute Gasteiger partial charge is 0.355 e. The van der Waals surface area contributed by atoms with E-state index < -0.39 is 29.4 Å². The molecule has 12 heteroatoms. The molecule has 0 fully saturated rings. The fourth-order valence-electron chi connectivity index (χ4n) is 3.00. The average Bonchev–Trinajstić information content (AvgIpc) is 3.15. The molecular weight excluding hydrogens is 434 g/mol. The van der Waals surface area contributed by atoms with Crippen LogP contribution in [0.15, 0.2) is 36.5 Å². The van der Waals surface area contributed by atoms with Crippen LogP contribution in [-0.2, 0) is 6.18 Å². The summed E-state index contributed by atoms with van der Waals surface area (Å²) >= 11 is 6.06. The Hall–Kier alpha value is -3.34. The Balaban J connectivity index is 2.12. The first-order chi connectivity index (χ1) is 14.5. The van der Waals surface area contributed by atoms with Crippen LogP contribution in [0.1, 0.15) is 32.1 Å². The molecule has 0 aliphatic rings. The number of hydrogen-bond donors (Lipinski definition) is 2. The third-order valence-electron chi connectivity index (χ3n) is 4.36. The van der Waals surface area contributed by atoms with Crippen molar-refractivity contribution in [3.05, 3.63) is 64.1 Å². The summed E-state index contributed by atoms with van der Waals surface area (Å²) in [7, 11) is 3.21. The lowest BCUT2D eigenvalue weighted by molar-refractivity contribution is -0.141. The Bertz CT molecular complexity index is 1180. The molecule has 0 aliphatic carbocycles. The van der Waals surface area contributed by atoms with E-state index in [1.807, 2.05) is 0 Å². The molecule has 2 aromatic heterocycles. The van der Waals surface area contributed by atoms with Crippen LogP contribution in [0.2, 0.25) is 5.02 Å². The van der Waals surface area contributed by atoms with Crippen molar-refractivity contribution >= 4 is 42.4 Å². The molecule has 0 bridgehead atoms. The van der Waals surface area contributed by atoms with Crippen molar-refractivity contribution in [3.8, 4) is 5.82 Å². The zero-order valence-corrected chi connectivity index (χ0v) is 17.4. The number of alkyl halides is 3. The van der Waals surface area contributed by atoms with Gasteiger partial charge in [0.05, 0.1) is 16.3 Å². The van der Waals surface area contributed by atoms with Crippen LogP contribution in [0, 0.1) is 6.92 Å². The van der Waals surface area contributed by atoms with E-state index in [2.05, 4.69) is 20.7 Å². The van der Waals surface area contributed by atoms with E-state index in [-0.39, 0.29) is 22.1 Å². The molecule has 0 spiro atoms. The van der Waals surface area contributed by atoms with Crippen molar-refractivity contribution < 1.29 is 22.8 Å². The molecule has 3 rings (SSSR count). The number of nitrogens with one attached hydrogen (secondary N) is 2. The second kappa shape index (κ2) is 8.42. The fourth-order valence-corrected chi connectivity index (χ4v) is 3.20. The van der Waals surface area contributed by atoms with Gasteiger partial charge in [0.2, 0.25) is 0 Å². The molecule has 0 unspecified atom stereocenters. The van der Waals surface area contributed by atoms with Gasteiger partial charge >= 0.3 is 6.18 Å². The van der Waals surface area contributed by atoms with E-state index >= 15 is 0 Å². The summed E-state index contributed by atoms with van der Waals surface area (Å²) in [6, 6.07) is 6.80. The van der Waals surface area contributed by atoms with Gasteiger partial charge in [0.1, 0.15) is 13.5 Å². The van der Waals surface area contributed by atoms with Gasteiger partial charge in [-0.3, -0.25) is 9.59 Å². The summed E-state index contributed by atoms with van der Waals surface area (Å²) in [5, 5.41) is 8.50. The van der Waals surface area contributed by atoms with Gasteiger partial charge in [-0.1, -0.05) is 29.2 Å². The van der Waals surface area contributed by atoms with Gasteiger partial charge in [-0.2, -0.15) is 18.3 Å². The number of nitrogens with zero attached hydrogens (tertiary/aromatic N) is 3. The van der Waals surface area contributed by atoms with E-state index in [4.69, 9.17) is 11.6 Å². The maximum Gasteiger partial charge on any atom is 0.435 e. The molecule has 31 heavy (non-hydrogen) atoms. The minimum Gasteiger partial charge on any atom is -0.355 e. The lowest BCUT2D eigenvalue weighted by Crippen LogP contribution is -2.25. The molecule has 0 saturated heterocycles. The van der Waals surface area contributed by atoms with Crippen LogP contribution in [-0.4, -0.2) is 41.5 Å². The summed E-state index contributed by atoms with van der Waals surface area (Å²) < 4.78 is 40.6. The number of amides is 2. The molecule has 2 heterocycles. The minimum absolute atomic E-state index is 0.00550. The highest BCUT2D eigenvalue weighted by molar-refractivity contribution is 6.33. The zero-order valence-electron chi connectivity index (χ0n) is 16.6. The number of halogens is 4. The fraction of sp³-hybridized carbons (Fsp3) is 0.158. The number of carbonyl (C=O) groups excluding carboxylic acids is 2. The molecule has 2 amide bonds. The maximum atomic E-state index is 13.3. The van der Waals surface area contributed by atoms with Crippen molar-refractivity contribution in [1.82, 2.24) is 20.1 Å². The molecule has 0 atom stereocenters. The first-order valence-corrected chi connectivity index (χ1v) is 9.33. The van der Waals surface area contributed by atoms with Gasteiger partial charge in [-0.25, -0.2) is 9.67 Å². The minimum atomic E-state index is -4.80. The SMILES string of the molecule is Bc1cc(C)c(NC(=O)c2cc(C(F)(F)F)nn2-c2ncccc2Cl)c(C(=O)NC)c1. The van der Waals surface area contributed by atoms with Crippen LogP contribution >= 0.6 is 11.6 Å². The lowest BCUT2D eigenvalue weighted by atomic mass is 9.90. The molecular formula is C19H16BClF3N5O2. The topological polar surface area (TPSA) is 88.9 Å². The van der Waals surface area contributed by atoms with Crippen LogP contribution in [0.25, 0.3) is 5.82 Å². The summed E-state index contributed by atoms with van der Waals surface area (Å²) in [6.07, 6.45) is -3.49. The number of carbonyl (C=O) groups is 2. The van der Waals surface area contributed by atoms with Gasteiger partial charge in [0, 0.05) is 19.3 Å². The number of anilines is 1. The number of pyridine rings is 1. The summed E-state index contributed by atoms with van der Waals surface area (Å²) in [5.74, 6) is -1.52. The predicted molar refractivity (Wildman–Crippen MR) is 112 cm³/mol. The third kappa shape index (κ3) is 4.56. The van der Waals surface area contributed by atoms with E-state index in [1.165, 1.54) is 25.4 Å². The molecule has 0 radical (unpaired) electrons. The standard InChI is InChI=1S/C19H16BClF3N5O2/c1-9-6-10(20)7-11(17(30)25-2)15(9)27-18(31)13-8-14(19(22,23)24)28-29(13)16-12(21)4-3-5-26-16/h3-8H,20H2,1-2H3,(H,25,30)(H,27,31). The molecule has 7 nitrogen and oxygen atoms in total.